The summed E-state index contributed by atoms with van der Waals surface area (Å²) < 4.78 is 6.47. The summed E-state index contributed by atoms with van der Waals surface area (Å²) >= 11 is 3.43. The third kappa shape index (κ3) is 2.59. The lowest BCUT2D eigenvalue weighted by molar-refractivity contribution is 0.0343. The van der Waals surface area contributed by atoms with E-state index in [-0.39, 0.29) is 6.23 Å². The Balaban J connectivity index is 2.15. The summed E-state index contributed by atoms with van der Waals surface area (Å²) in [5, 5.41) is 10.6. The Morgan fingerprint density at radius 2 is 2.38 bits per heavy atom. The van der Waals surface area contributed by atoms with Gasteiger partial charge in [-0.25, -0.2) is 0 Å². The number of anilines is 1. The summed E-state index contributed by atoms with van der Waals surface area (Å²) in [4.78, 5) is 4.03. The standard InChI is InChI=1S/C11H14BrN3O/c12-9-7-14-6-8(5-13)11(9)15-10-3-1-2-4-16-10/h5-7,10,13H,1-4H2,(H,14,15). The van der Waals surface area contributed by atoms with Gasteiger partial charge in [0.1, 0.15) is 6.23 Å². The SMILES string of the molecule is N=Cc1cncc(Br)c1NC1CCCCO1. The van der Waals surface area contributed by atoms with Gasteiger partial charge in [0.05, 0.1) is 10.2 Å². The Bertz CT molecular complexity index is 377. The number of pyridine rings is 1. The minimum Gasteiger partial charge on any atom is -0.359 e. The van der Waals surface area contributed by atoms with Gasteiger partial charge in [-0.3, -0.25) is 4.98 Å². The zero-order valence-electron chi connectivity index (χ0n) is 8.87. The molecular weight excluding hydrogens is 270 g/mol. The Labute approximate surface area is 103 Å². The van der Waals surface area contributed by atoms with Gasteiger partial charge in [-0.05, 0) is 35.2 Å². The van der Waals surface area contributed by atoms with Crippen molar-refractivity contribution in [2.24, 2.45) is 0 Å². The summed E-state index contributed by atoms with van der Waals surface area (Å²) in [5.41, 5.74) is 1.65. The average molecular weight is 284 g/mol. The molecule has 86 valence electrons. The molecule has 0 aliphatic carbocycles. The largest absolute Gasteiger partial charge is 0.359 e. The summed E-state index contributed by atoms with van der Waals surface area (Å²) in [7, 11) is 0. The van der Waals surface area contributed by atoms with Crippen LogP contribution in [-0.4, -0.2) is 24.0 Å². The van der Waals surface area contributed by atoms with Crippen LogP contribution in [0.25, 0.3) is 0 Å². The van der Waals surface area contributed by atoms with Gasteiger partial charge in [0, 0.05) is 30.8 Å². The van der Waals surface area contributed by atoms with Gasteiger partial charge in [-0.15, -0.1) is 0 Å². The fraction of sp³-hybridized carbons (Fsp3) is 0.455. The van der Waals surface area contributed by atoms with E-state index in [2.05, 4.69) is 26.2 Å². The molecule has 1 fully saturated rings. The molecule has 0 spiro atoms. The summed E-state index contributed by atoms with van der Waals surface area (Å²) in [5.74, 6) is 0. The molecule has 2 heterocycles. The highest BCUT2D eigenvalue weighted by Crippen LogP contribution is 2.26. The van der Waals surface area contributed by atoms with Crippen LogP contribution in [0, 0.1) is 5.41 Å². The van der Waals surface area contributed by atoms with E-state index in [0.29, 0.717) is 0 Å². The number of hydrogen-bond donors (Lipinski definition) is 2. The average Bonchev–Trinajstić information content (AvgIpc) is 2.33. The van der Waals surface area contributed by atoms with E-state index in [1.807, 2.05) is 0 Å². The second-order valence-corrected chi connectivity index (χ2v) is 4.58. The van der Waals surface area contributed by atoms with Crippen LogP contribution >= 0.6 is 15.9 Å². The Kier molecular flexibility index (Phi) is 3.90. The van der Waals surface area contributed by atoms with Crippen molar-refractivity contribution >= 4 is 27.8 Å². The van der Waals surface area contributed by atoms with E-state index < -0.39 is 0 Å². The number of nitrogens with zero attached hydrogens (tertiary/aromatic N) is 1. The van der Waals surface area contributed by atoms with Crippen molar-refractivity contribution in [3.05, 3.63) is 22.4 Å². The fourth-order valence-corrected chi connectivity index (χ4v) is 2.19. The highest BCUT2D eigenvalue weighted by atomic mass is 79.9. The highest BCUT2D eigenvalue weighted by Gasteiger charge is 2.16. The minimum atomic E-state index is 0.0474. The van der Waals surface area contributed by atoms with Gasteiger partial charge in [0.15, 0.2) is 0 Å². The van der Waals surface area contributed by atoms with Crippen molar-refractivity contribution in [3.63, 3.8) is 0 Å². The molecule has 1 atom stereocenters. The molecule has 0 radical (unpaired) electrons. The predicted molar refractivity (Wildman–Crippen MR) is 67.0 cm³/mol. The van der Waals surface area contributed by atoms with Crippen LogP contribution in [0.3, 0.4) is 0 Å². The Hall–Kier alpha value is -0.940. The monoisotopic (exact) mass is 283 g/mol. The lowest BCUT2D eigenvalue weighted by Gasteiger charge is -2.25. The summed E-state index contributed by atoms with van der Waals surface area (Å²) in [6, 6.07) is 0. The first-order valence-electron chi connectivity index (χ1n) is 5.33. The minimum absolute atomic E-state index is 0.0474. The molecule has 0 saturated carbocycles. The van der Waals surface area contributed by atoms with Gasteiger partial charge in [0.25, 0.3) is 0 Å². The zero-order chi connectivity index (χ0) is 11.4. The number of ether oxygens (including phenoxy) is 1. The molecular formula is C11H14BrN3O. The van der Waals surface area contributed by atoms with Gasteiger partial charge in [0.2, 0.25) is 0 Å². The zero-order valence-corrected chi connectivity index (χ0v) is 10.5. The molecule has 1 aliphatic rings. The lowest BCUT2D eigenvalue weighted by Crippen LogP contribution is -2.27. The smallest absolute Gasteiger partial charge is 0.127 e. The molecule has 2 N–H and O–H groups in total. The first-order chi connectivity index (χ1) is 7.81. The first-order valence-corrected chi connectivity index (χ1v) is 6.12. The normalized spacial score (nSPS) is 20.4. The first kappa shape index (κ1) is 11.5. The van der Waals surface area contributed by atoms with Gasteiger partial charge in [-0.1, -0.05) is 0 Å². The second-order valence-electron chi connectivity index (χ2n) is 3.73. The molecule has 4 nitrogen and oxygen atoms in total. The van der Waals surface area contributed by atoms with Gasteiger partial charge in [-0.2, -0.15) is 0 Å². The molecule has 16 heavy (non-hydrogen) atoms. The van der Waals surface area contributed by atoms with Gasteiger partial charge < -0.3 is 15.5 Å². The van der Waals surface area contributed by atoms with E-state index in [4.69, 9.17) is 10.1 Å². The summed E-state index contributed by atoms with van der Waals surface area (Å²) in [6.07, 6.45) is 8.05. The van der Waals surface area contributed by atoms with E-state index in [9.17, 15) is 0 Å². The molecule has 0 bridgehead atoms. The molecule has 1 aromatic heterocycles. The Morgan fingerprint density at radius 1 is 1.50 bits per heavy atom. The third-order valence-electron chi connectivity index (χ3n) is 2.57. The number of hydrogen-bond acceptors (Lipinski definition) is 4. The molecule has 1 aliphatic heterocycles. The van der Waals surface area contributed by atoms with Crippen molar-refractivity contribution < 1.29 is 4.74 Å². The predicted octanol–water partition coefficient (Wildman–Crippen LogP) is 2.78. The molecule has 1 saturated heterocycles. The molecule has 5 heteroatoms. The summed E-state index contributed by atoms with van der Waals surface area (Å²) in [6.45, 7) is 0.806. The maximum atomic E-state index is 7.33. The van der Waals surface area contributed by atoms with Crippen molar-refractivity contribution in [3.8, 4) is 0 Å². The van der Waals surface area contributed by atoms with Crippen LogP contribution in [0.2, 0.25) is 0 Å². The van der Waals surface area contributed by atoms with Crippen LogP contribution in [0.5, 0.6) is 0 Å². The van der Waals surface area contributed by atoms with Crippen molar-refractivity contribution in [1.82, 2.24) is 4.98 Å². The number of halogens is 1. The van der Waals surface area contributed by atoms with Gasteiger partial charge >= 0.3 is 0 Å². The van der Waals surface area contributed by atoms with E-state index in [1.54, 1.807) is 12.4 Å². The highest BCUT2D eigenvalue weighted by molar-refractivity contribution is 9.10. The second kappa shape index (κ2) is 5.41. The fourth-order valence-electron chi connectivity index (χ4n) is 1.73. The Morgan fingerprint density at radius 3 is 3.06 bits per heavy atom. The van der Waals surface area contributed by atoms with Crippen molar-refractivity contribution in [1.29, 1.82) is 5.41 Å². The maximum Gasteiger partial charge on any atom is 0.127 e. The van der Waals surface area contributed by atoms with Crippen molar-refractivity contribution in [2.45, 2.75) is 25.5 Å². The van der Waals surface area contributed by atoms with E-state index in [1.165, 1.54) is 12.6 Å². The number of rotatable bonds is 3. The van der Waals surface area contributed by atoms with E-state index >= 15 is 0 Å². The topological polar surface area (TPSA) is 58.0 Å². The number of aromatic nitrogens is 1. The molecule has 1 unspecified atom stereocenters. The molecule has 0 aromatic carbocycles. The van der Waals surface area contributed by atoms with Crippen LogP contribution < -0.4 is 5.32 Å². The van der Waals surface area contributed by atoms with Crippen LogP contribution in [-0.2, 0) is 4.74 Å². The van der Waals surface area contributed by atoms with Crippen LogP contribution in [0.4, 0.5) is 5.69 Å². The van der Waals surface area contributed by atoms with Crippen LogP contribution in [0.15, 0.2) is 16.9 Å². The quantitative estimate of drug-likeness (QED) is 0.839. The van der Waals surface area contributed by atoms with Crippen LogP contribution in [0.1, 0.15) is 24.8 Å². The van der Waals surface area contributed by atoms with E-state index in [0.717, 1.165) is 35.2 Å². The molecule has 1 aromatic rings. The molecule has 2 rings (SSSR count). The van der Waals surface area contributed by atoms with Crippen molar-refractivity contribution in [2.75, 3.05) is 11.9 Å². The number of nitrogens with one attached hydrogen (secondary N) is 2. The lowest BCUT2D eigenvalue weighted by atomic mass is 10.1. The molecule has 0 amide bonds. The third-order valence-corrected chi connectivity index (χ3v) is 3.17. The maximum absolute atomic E-state index is 7.33.